The highest BCUT2D eigenvalue weighted by Crippen LogP contribution is 2.30. The molecule has 0 aromatic carbocycles. The first-order chi connectivity index (χ1) is 8.29. The van der Waals surface area contributed by atoms with Crippen molar-refractivity contribution in [2.45, 2.75) is 52.9 Å². The first-order valence-electron chi connectivity index (χ1n) is 6.43. The Kier molecular flexibility index (Phi) is 3.41. The van der Waals surface area contributed by atoms with Crippen LogP contribution in [0.15, 0.2) is 6.20 Å². The lowest BCUT2D eigenvalue weighted by atomic mass is 9.95. The molecule has 1 atom stereocenters. The summed E-state index contributed by atoms with van der Waals surface area (Å²) in [7, 11) is 0. The van der Waals surface area contributed by atoms with E-state index in [4.69, 9.17) is 4.98 Å². The molecule has 0 bridgehead atoms. The zero-order valence-electron chi connectivity index (χ0n) is 12.0. The number of thiazole rings is 1. The van der Waals surface area contributed by atoms with Gasteiger partial charge in [-0.1, -0.05) is 52.9 Å². The van der Waals surface area contributed by atoms with Crippen LogP contribution in [0.3, 0.4) is 0 Å². The topological polar surface area (TPSA) is 38.7 Å². The SMILES string of the molecule is CC(C)C(C)c1cnc2nc(C(C)(C)C)sc2n1. The van der Waals surface area contributed by atoms with Gasteiger partial charge in [0.2, 0.25) is 0 Å². The van der Waals surface area contributed by atoms with Gasteiger partial charge in [0.05, 0.1) is 11.9 Å². The number of rotatable bonds is 2. The first kappa shape index (κ1) is 13.4. The van der Waals surface area contributed by atoms with Gasteiger partial charge in [-0.3, -0.25) is 0 Å². The van der Waals surface area contributed by atoms with Gasteiger partial charge in [-0.05, 0) is 5.92 Å². The Morgan fingerprint density at radius 1 is 1.11 bits per heavy atom. The van der Waals surface area contributed by atoms with E-state index >= 15 is 0 Å². The van der Waals surface area contributed by atoms with Crippen LogP contribution >= 0.6 is 11.3 Å². The van der Waals surface area contributed by atoms with Gasteiger partial charge in [0, 0.05) is 11.3 Å². The Hall–Kier alpha value is -1.03. The molecule has 0 aliphatic carbocycles. The van der Waals surface area contributed by atoms with Gasteiger partial charge in [0.25, 0.3) is 0 Å². The highest BCUT2D eigenvalue weighted by molar-refractivity contribution is 7.18. The third-order valence-corrected chi connectivity index (χ3v) is 4.61. The fourth-order valence-corrected chi connectivity index (χ4v) is 2.58. The van der Waals surface area contributed by atoms with Gasteiger partial charge >= 0.3 is 0 Å². The van der Waals surface area contributed by atoms with Crippen LogP contribution in [-0.4, -0.2) is 15.0 Å². The maximum Gasteiger partial charge on any atom is 0.189 e. The van der Waals surface area contributed by atoms with Crippen molar-refractivity contribution in [2.24, 2.45) is 5.92 Å². The maximum atomic E-state index is 4.72. The standard InChI is InChI=1S/C14H21N3S/c1-8(2)9(3)10-7-15-11-12(16-10)18-13(17-11)14(4,5)6/h7-9H,1-6H3. The van der Waals surface area contributed by atoms with Crippen LogP contribution in [0.4, 0.5) is 0 Å². The average Bonchev–Trinajstić information content (AvgIpc) is 2.69. The normalized spacial score (nSPS) is 14.4. The zero-order chi connectivity index (χ0) is 13.5. The Bertz CT molecular complexity index is 552. The van der Waals surface area contributed by atoms with E-state index in [1.54, 1.807) is 11.3 Å². The van der Waals surface area contributed by atoms with E-state index in [1.807, 2.05) is 6.20 Å². The van der Waals surface area contributed by atoms with E-state index in [1.165, 1.54) is 0 Å². The molecule has 0 amide bonds. The van der Waals surface area contributed by atoms with Crippen LogP contribution in [0, 0.1) is 5.92 Å². The highest BCUT2D eigenvalue weighted by Gasteiger charge is 2.21. The van der Waals surface area contributed by atoms with E-state index < -0.39 is 0 Å². The fraction of sp³-hybridized carbons (Fsp3) is 0.643. The summed E-state index contributed by atoms with van der Waals surface area (Å²) in [5.41, 5.74) is 1.92. The van der Waals surface area contributed by atoms with Crippen LogP contribution in [0.1, 0.15) is 58.2 Å². The summed E-state index contributed by atoms with van der Waals surface area (Å²) in [6.45, 7) is 13.1. The molecule has 0 saturated heterocycles. The highest BCUT2D eigenvalue weighted by atomic mass is 32.1. The minimum absolute atomic E-state index is 0.0663. The van der Waals surface area contributed by atoms with Crippen molar-refractivity contribution in [3.63, 3.8) is 0 Å². The van der Waals surface area contributed by atoms with E-state index in [9.17, 15) is 0 Å². The number of fused-ring (bicyclic) bond motifs is 1. The maximum absolute atomic E-state index is 4.72. The second-order valence-corrected chi connectivity index (χ2v) is 7.20. The molecule has 3 nitrogen and oxygen atoms in total. The molecule has 0 saturated carbocycles. The molecule has 98 valence electrons. The molecule has 0 radical (unpaired) electrons. The molecule has 2 heterocycles. The van der Waals surface area contributed by atoms with Crippen molar-refractivity contribution in [3.8, 4) is 0 Å². The minimum atomic E-state index is 0.0663. The van der Waals surface area contributed by atoms with Gasteiger partial charge in [-0.25, -0.2) is 15.0 Å². The Morgan fingerprint density at radius 2 is 1.78 bits per heavy atom. The van der Waals surface area contributed by atoms with Crippen LogP contribution < -0.4 is 0 Å². The predicted molar refractivity (Wildman–Crippen MR) is 77.2 cm³/mol. The number of nitrogens with zero attached hydrogens (tertiary/aromatic N) is 3. The van der Waals surface area contributed by atoms with Gasteiger partial charge in [-0.2, -0.15) is 0 Å². The third-order valence-electron chi connectivity index (χ3n) is 3.25. The molecule has 0 aliphatic heterocycles. The summed E-state index contributed by atoms with van der Waals surface area (Å²) in [4.78, 5) is 14.7. The molecule has 1 unspecified atom stereocenters. The Morgan fingerprint density at radius 3 is 2.33 bits per heavy atom. The van der Waals surface area contributed by atoms with Crippen molar-refractivity contribution in [2.75, 3.05) is 0 Å². The molecule has 18 heavy (non-hydrogen) atoms. The molecule has 0 aliphatic rings. The molecule has 0 N–H and O–H groups in total. The fourth-order valence-electron chi connectivity index (χ4n) is 1.62. The number of aromatic nitrogens is 3. The lowest BCUT2D eigenvalue weighted by molar-refractivity contribution is 0.523. The van der Waals surface area contributed by atoms with Crippen LogP contribution in [-0.2, 0) is 5.41 Å². The minimum Gasteiger partial charge on any atom is -0.237 e. The molecule has 2 rings (SSSR count). The lowest BCUT2D eigenvalue weighted by Crippen LogP contribution is -2.09. The summed E-state index contributed by atoms with van der Waals surface area (Å²) in [6.07, 6.45) is 1.87. The summed E-state index contributed by atoms with van der Waals surface area (Å²) in [5.74, 6) is 1.01. The predicted octanol–water partition coefficient (Wildman–Crippen LogP) is 4.14. The van der Waals surface area contributed by atoms with Crippen molar-refractivity contribution in [1.29, 1.82) is 0 Å². The summed E-state index contributed by atoms with van der Waals surface area (Å²) in [6, 6.07) is 0. The van der Waals surface area contributed by atoms with Crippen molar-refractivity contribution in [1.82, 2.24) is 15.0 Å². The van der Waals surface area contributed by atoms with Crippen LogP contribution in [0.5, 0.6) is 0 Å². The summed E-state index contributed by atoms with van der Waals surface area (Å²) < 4.78 is 0. The zero-order valence-corrected chi connectivity index (χ0v) is 12.8. The largest absolute Gasteiger partial charge is 0.237 e. The quantitative estimate of drug-likeness (QED) is 0.817. The van der Waals surface area contributed by atoms with Crippen LogP contribution in [0.25, 0.3) is 10.5 Å². The number of hydrogen-bond donors (Lipinski definition) is 0. The Balaban J connectivity index is 2.46. The van der Waals surface area contributed by atoms with Gasteiger partial charge in [0.15, 0.2) is 10.5 Å². The summed E-state index contributed by atoms with van der Waals surface area (Å²) in [5, 5.41) is 1.10. The van der Waals surface area contributed by atoms with Crippen molar-refractivity contribution >= 4 is 21.8 Å². The second-order valence-electron chi connectivity index (χ2n) is 6.23. The van der Waals surface area contributed by atoms with E-state index in [2.05, 4.69) is 51.5 Å². The first-order valence-corrected chi connectivity index (χ1v) is 7.24. The monoisotopic (exact) mass is 263 g/mol. The van der Waals surface area contributed by atoms with E-state index in [0.717, 1.165) is 21.2 Å². The molecule has 2 aromatic rings. The smallest absolute Gasteiger partial charge is 0.189 e. The molecular weight excluding hydrogens is 242 g/mol. The lowest BCUT2D eigenvalue weighted by Gasteiger charge is -2.13. The molecule has 2 aromatic heterocycles. The van der Waals surface area contributed by atoms with Crippen molar-refractivity contribution in [3.05, 3.63) is 16.9 Å². The Labute approximate surface area is 113 Å². The van der Waals surface area contributed by atoms with Gasteiger partial charge < -0.3 is 0 Å². The molecular formula is C14H21N3S. The second kappa shape index (κ2) is 4.57. The third kappa shape index (κ3) is 2.53. The summed E-state index contributed by atoms with van der Waals surface area (Å²) >= 11 is 1.66. The van der Waals surface area contributed by atoms with Crippen molar-refractivity contribution < 1.29 is 0 Å². The van der Waals surface area contributed by atoms with Gasteiger partial charge in [0.1, 0.15) is 5.01 Å². The average molecular weight is 263 g/mol. The molecule has 0 fully saturated rings. The van der Waals surface area contributed by atoms with E-state index in [0.29, 0.717) is 11.8 Å². The number of hydrogen-bond acceptors (Lipinski definition) is 4. The molecule has 0 spiro atoms. The molecule has 4 heteroatoms. The van der Waals surface area contributed by atoms with E-state index in [-0.39, 0.29) is 5.41 Å². The van der Waals surface area contributed by atoms with Crippen LogP contribution in [0.2, 0.25) is 0 Å². The van der Waals surface area contributed by atoms with Gasteiger partial charge in [-0.15, -0.1) is 0 Å².